The molecule has 0 bridgehead atoms. The molecule has 0 spiro atoms. The summed E-state index contributed by atoms with van der Waals surface area (Å²) in [7, 11) is 0. The van der Waals surface area contributed by atoms with E-state index < -0.39 is 0 Å². The molecule has 1 N–H and O–H groups in total. The minimum atomic E-state index is 0.304. The number of aromatic nitrogens is 2. The van der Waals surface area contributed by atoms with Crippen molar-refractivity contribution in [2.24, 2.45) is 0 Å². The molecular formula is C12H13N3. The van der Waals surface area contributed by atoms with E-state index in [4.69, 9.17) is 5.41 Å². The summed E-state index contributed by atoms with van der Waals surface area (Å²) >= 11 is 0. The third-order valence-electron chi connectivity index (χ3n) is 2.28. The molecule has 0 amide bonds. The van der Waals surface area contributed by atoms with Gasteiger partial charge in [0.1, 0.15) is 11.3 Å². The van der Waals surface area contributed by atoms with E-state index in [2.05, 4.69) is 11.9 Å². The Morgan fingerprint density at radius 3 is 2.60 bits per heavy atom. The summed E-state index contributed by atoms with van der Waals surface area (Å²) in [5.74, 6) is 0.852. The summed E-state index contributed by atoms with van der Waals surface area (Å²) in [6.45, 7) is 2.93. The van der Waals surface area contributed by atoms with Crippen LogP contribution in [0.4, 0.5) is 0 Å². The zero-order valence-electron chi connectivity index (χ0n) is 8.64. The molecule has 0 saturated heterocycles. The molecule has 0 aliphatic rings. The molecular weight excluding hydrogens is 186 g/mol. The van der Waals surface area contributed by atoms with E-state index in [1.165, 1.54) is 0 Å². The van der Waals surface area contributed by atoms with Gasteiger partial charge < -0.3 is 4.57 Å². The first-order valence-corrected chi connectivity index (χ1v) is 4.99. The lowest BCUT2D eigenvalue weighted by Gasteiger charge is -2.09. The maximum Gasteiger partial charge on any atom is 0.148 e. The van der Waals surface area contributed by atoms with Crippen molar-refractivity contribution >= 4 is 0 Å². The van der Waals surface area contributed by atoms with E-state index >= 15 is 0 Å². The van der Waals surface area contributed by atoms with Crippen LogP contribution in [0.15, 0.2) is 42.6 Å². The summed E-state index contributed by atoms with van der Waals surface area (Å²) in [6, 6.07) is 11.7. The normalized spacial score (nSPS) is 10.2. The second-order valence-electron chi connectivity index (χ2n) is 3.29. The van der Waals surface area contributed by atoms with E-state index in [1.54, 1.807) is 6.07 Å². The van der Waals surface area contributed by atoms with Crippen LogP contribution in [0, 0.1) is 5.41 Å². The molecule has 0 atom stereocenters. The fourth-order valence-electron chi connectivity index (χ4n) is 1.52. The monoisotopic (exact) mass is 199 g/mol. The molecule has 0 radical (unpaired) electrons. The Morgan fingerprint density at radius 2 is 1.93 bits per heavy atom. The smallest absolute Gasteiger partial charge is 0.148 e. The Kier molecular flexibility index (Phi) is 2.63. The van der Waals surface area contributed by atoms with Crippen LogP contribution in [0.2, 0.25) is 0 Å². The quantitative estimate of drug-likeness (QED) is 0.790. The Morgan fingerprint density at radius 1 is 1.20 bits per heavy atom. The molecule has 0 aliphatic heterocycles. The van der Waals surface area contributed by atoms with E-state index in [-0.39, 0.29) is 0 Å². The fourth-order valence-corrected chi connectivity index (χ4v) is 1.52. The summed E-state index contributed by atoms with van der Waals surface area (Å²) in [5.41, 5.74) is 1.35. The standard InChI is InChI=1S/C12H13N3/c1-2-15-9-8-11(13)14-12(15)10-6-4-3-5-7-10/h3-9,13H,2H2,1H3. The van der Waals surface area contributed by atoms with Crippen molar-refractivity contribution in [3.8, 4) is 11.4 Å². The zero-order valence-corrected chi connectivity index (χ0v) is 8.64. The molecule has 1 aromatic carbocycles. The number of hydrogen-bond donors (Lipinski definition) is 1. The number of benzene rings is 1. The second-order valence-corrected chi connectivity index (χ2v) is 3.29. The van der Waals surface area contributed by atoms with Crippen LogP contribution >= 0.6 is 0 Å². The molecule has 1 heterocycles. The van der Waals surface area contributed by atoms with Gasteiger partial charge in [0.15, 0.2) is 0 Å². The largest absolute Gasteiger partial charge is 0.333 e. The molecule has 76 valence electrons. The molecule has 15 heavy (non-hydrogen) atoms. The van der Waals surface area contributed by atoms with Gasteiger partial charge in [-0.05, 0) is 13.0 Å². The molecule has 0 unspecified atom stereocenters. The highest BCUT2D eigenvalue weighted by molar-refractivity contribution is 5.54. The molecule has 3 nitrogen and oxygen atoms in total. The maximum absolute atomic E-state index is 7.53. The van der Waals surface area contributed by atoms with Gasteiger partial charge in [0.2, 0.25) is 0 Å². The molecule has 0 fully saturated rings. The number of nitrogens with zero attached hydrogens (tertiary/aromatic N) is 2. The number of hydrogen-bond acceptors (Lipinski definition) is 2. The van der Waals surface area contributed by atoms with Crippen molar-refractivity contribution in [1.82, 2.24) is 9.55 Å². The van der Waals surface area contributed by atoms with Gasteiger partial charge in [-0.1, -0.05) is 30.3 Å². The first-order valence-electron chi connectivity index (χ1n) is 4.99. The Bertz CT molecular complexity index is 500. The number of rotatable bonds is 2. The summed E-state index contributed by atoms with van der Waals surface area (Å²) in [5, 5.41) is 7.53. The number of aryl methyl sites for hydroxylation is 1. The lowest BCUT2D eigenvalue weighted by Crippen LogP contribution is -2.12. The zero-order chi connectivity index (χ0) is 10.7. The topological polar surface area (TPSA) is 41.7 Å². The van der Waals surface area contributed by atoms with Gasteiger partial charge in [-0.3, -0.25) is 5.41 Å². The van der Waals surface area contributed by atoms with Crippen LogP contribution in [0.1, 0.15) is 6.92 Å². The Balaban J connectivity index is 2.61. The van der Waals surface area contributed by atoms with E-state index in [0.29, 0.717) is 5.49 Å². The highest BCUT2D eigenvalue weighted by Gasteiger charge is 2.02. The first-order chi connectivity index (χ1) is 7.31. The third-order valence-corrected chi connectivity index (χ3v) is 2.28. The molecule has 2 aromatic rings. The van der Waals surface area contributed by atoms with Crippen LogP contribution in [-0.4, -0.2) is 9.55 Å². The third kappa shape index (κ3) is 1.96. The molecule has 0 aliphatic carbocycles. The molecule has 0 saturated carbocycles. The molecule has 2 rings (SSSR count). The van der Waals surface area contributed by atoms with Crippen LogP contribution in [0.3, 0.4) is 0 Å². The maximum atomic E-state index is 7.53. The van der Waals surface area contributed by atoms with Crippen LogP contribution < -0.4 is 5.49 Å². The van der Waals surface area contributed by atoms with Gasteiger partial charge in [0.25, 0.3) is 0 Å². The van der Waals surface area contributed by atoms with Crippen molar-refractivity contribution in [2.75, 3.05) is 0 Å². The molecule has 1 aromatic heterocycles. The minimum Gasteiger partial charge on any atom is -0.333 e. The van der Waals surface area contributed by atoms with Crippen LogP contribution in [0.5, 0.6) is 0 Å². The Labute approximate surface area is 88.6 Å². The molecule has 3 heteroatoms. The fraction of sp³-hybridized carbons (Fsp3) is 0.167. The Hall–Kier alpha value is -1.90. The van der Waals surface area contributed by atoms with Gasteiger partial charge in [-0.2, -0.15) is 0 Å². The van der Waals surface area contributed by atoms with Gasteiger partial charge in [0, 0.05) is 18.3 Å². The van der Waals surface area contributed by atoms with E-state index in [1.807, 2.05) is 41.1 Å². The van der Waals surface area contributed by atoms with E-state index in [9.17, 15) is 0 Å². The van der Waals surface area contributed by atoms with Crippen molar-refractivity contribution in [1.29, 1.82) is 5.41 Å². The SMILES string of the molecule is CCn1ccc(=N)nc1-c1ccccc1. The minimum absolute atomic E-state index is 0.304. The van der Waals surface area contributed by atoms with Crippen molar-refractivity contribution in [3.63, 3.8) is 0 Å². The van der Waals surface area contributed by atoms with Gasteiger partial charge >= 0.3 is 0 Å². The van der Waals surface area contributed by atoms with Crippen LogP contribution in [-0.2, 0) is 6.54 Å². The van der Waals surface area contributed by atoms with E-state index in [0.717, 1.165) is 17.9 Å². The van der Waals surface area contributed by atoms with Gasteiger partial charge in [-0.15, -0.1) is 0 Å². The summed E-state index contributed by atoms with van der Waals surface area (Å²) in [4.78, 5) is 4.24. The highest BCUT2D eigenvalue weighted by Crippen LogP contribution is 2.14. The van der Waals surface area contributed by atoms with Gasteiger partial charge in [0.05, 0.1) is 0 Å². The predicted molar refractivity (Wildman–Crippen MR) is 59.2 cm³/mol. The van der Waals surface area contributed by atoms with Crippen molar-refractivity contribution in [2.45, 2.75) is 13.5 Å². The first kappa shape index (κ1) is 9.65. The lowest BCUT2D eigenvalue weighted by atomic mass is 10.2. The van der Waals surface area contributed by atoms with Crippen molar-refractivity contribution in [3.05, 3.63) is 48.1 Å². The summed E-state index contributed by atoms with van der Waals surface area (Å²) < 4.78 is 2.04. The average molecular weight is 199 g/mol. The highest BCUT2D eigenvalue weighted by atomic mass is 15.0. The lowest BCUT2D eigenvalue weighted by molar-refractivity contribution is 0.736. The number of nitrogens with one attached hydrogen (secondary N) is 1. The summed E-state index contributed by atoms with van der Waals surface area (Å²) in [6.07, 6.45) is 1.90. The van der Waals surface area contributed by atoms with Crippen LogP contribution in [0.25, 0.3) is 11.4 Å². The second kappa shape index (κ2) is 4.09. The average Bonchev–Trinajstić information content (AvgIpc) is 2.30. The van der Waals surface area contributed by atoms with Gasteiger partial charge in [-0.25, -0.2) is 4.98 Å². The van der Waals surface area contributed by atoms with Crippen molar-refractivity contribution < 1.29 is 0 Å². The predicted octanol–water partition coefficient (Wildman–Crippen LogP) is 2.05.